The number of aromatic nitrogens is 2. The lowest BCUT2D eigenvalue weighted by molar-refractivity contribution is 0.256. The Kier molecular flexibility index (Phi) is 5.56. The molecule has 4 heterocycles. The number of pyridine rings is 2. The fourth-order valence-corrected chi connectivity index (χ4v) is 3.81. The molecule has 1 fully saturated rings. The molecule has 0 atom stereocenters. The number of rotatable bonds is 6. The van der Waals surface area contributed by atoms with Crippen molar-refractivity contribution in [2.45, 2.75) is 32.2 Å². The first-order chi connectivity index (χ1) is 12.8. The van der Waals surface area contributed by atoms with Gasteiger partial charge >= 0.3 is 0 Å². The smallest absolute Gasteiger partial charge is 0.213 e. The number of fused-ring (bicyclic) bond motifs is 1. The second-order valence-electron chi connectivity index (χ2n) is 7.01. The van der Waals surface area contributed by atoms with Crippen LogP contribution in [-0.4, -0.2) is 47.7 Å². The molecule has 26 heavy (non-hydrogen) atoms. The molecule has 0 aliphatic carbocycles. The van der Waals surface area contributed by atoms with Gasteiger partial charge in [-0.25, -0.2) is 9.97 Å². The topological polar surface area (TPSA) is 41.5 Å². The molecule has 0 saturated carbocycles. The Morgan fingerprint density at radius 2 is 1.96 bits per heavy atom. The minimum absolute atomic E-state index is 0.666. The Balaban J connectivity index is 1.31. The summed E-state index contributed by atoms with van der Waals surface area (Å²) in [6.45, 7) is 6.10. The van der Waals surface area contributed by atoms with Gasteiger partial charge in [0, 0.05) is 38.3 Å². The standard InChI is InChI=1S/C20H25ClN4O/c21-17-5-6-19(22-14-17)25-12-8-18-16(15-25)4-7-20(23-18)26-13-3-11-24-9-1-2-10-24/h4-7,14H,1-3,8-13,15H2. The van der Waals surface area contributed by atoms with Crippen molar-refractivity contribution < 1.29 is 4.74 Å². The van der Waals surface area contributed by atoms with E-state index in [1.807, 2.05) is 18.2 Å². The zero-order valence-electron chi connectivity index (χ0n) is 15.0. The SMILES string of the molecule is Clc1ccc(N2CCc3nc(OCCCN4CCCC4)ccc3C2)nc1. The van der Waals surface area contributed by atoms with Gasteiger partial charge in [-0.05, 0) is 50.0 Å². The summed E-state index contributed by atoms with van der Waals surface area (Å²) < 4.78 is 5.88. The van der Waals surface area contributed by atoms with Gasteiger partial charge in [-0.1, -0.05) is 17.7 Å². The lowest BCUT2D eigenvalue weighted by Gasteiger charge is -2.29. The third kappa shape index (κ3) is 4.27. The summed E-state index contributed by atoms with van der Waals surface area (Å²) in [5.41, 5.74) is 2.39. The van der Waals surface area contributed by atoms with Gasteiger partial charge in [-0.15, -0.1) is 0 Å². The number of anilines is 1. The Labute approximate surface area is 160 Å². The summed E-state index contributed by atoms with van der Waals surface area (Å²) in [6.07, 6.45) is 6.36. The van der Waals surface area contributed by atoms with Crippen molar-refractivity contribution >= 4 is 17.4 Å². The number of halogens is 1. The van der Waals surface area contributed by atoms with Crippen molar-refractivity contribution in [3.05, 3.63) is 46.7 Å². The average molecular weight is 373 g/mol. The first kappa shape index (κ1) is 17.6. The summed E-state index contributed by atoms with van der Waals surface area (Å²) >= 11 is 5.93. The van der Waals surface area contributed by atoms with Gasteiger partial charge in [0.05, 0.1) is 17.3 Å². The first-order valence-electron chi connectivity index (χ1n) is 9.48. The summed E-state index contributed by atoms with van der Waals surface area (Å²) in [5, 5.41) is 0.666. The van der Waals surface area contributed by atoms with Crippen molar-refractivity contribution in [1.29, 1.82) is 0 Å². The minimum Gasteiger partial charge on any atom is -0.478 e. The molecule has 2 aromatic rings. The highest BCUT2D eigenvalue weighted by Crippen LogP contribution is 2.24. The van der Waals surface area contributed by atoms with Gasteiger partial charge in [0.15, 0.2) is 0 Å². The van der Waals surface area contributed by atoms with Crippen molar-refractivity contribution in [3.8, 4) is 5.88 Å². The van der Waals surface area contributed by atoms with E-state index in [0.29, 0.717) is 5.02 Å². The van der Waals surface area contributed by atoms with Crippen LogP contribution >= 0.6 is 11.6 Å². The van der Waals surface area contributed by atoms with E-state index < -0.39 is 0 Å². The Bertz CT molecular complexity index is 731. The molecule has 5 nitrogen and oxygen atoms in total. The molecule has 0 N–H and O–H groups in total. The van der Waals surface area contributed by atoms with Gasteiger partial charge < -0.3 is 14.5 Å². The Morgan fingerprint density at radius 3 is 2.77 bits per heavy atom. The van der Waals surface area contributed by atoms with Crippen LogP contribution < -0.4 is 9.64 Å². The molecular formula is C20H25ClN4O. The van der Waals surface area contributed by atoms with Gasteiger partial charge in [-0.3, -0.25) is 0 Å². The normalized spacial score (nSPS) is 17.3. The van der Waals surface area contributed by atoms with Gasteiger partial charge in [0.1, 0.15) is 5.82 Å². The maximum atomic E-state index is 5.93. The monoisotopic (exact) mass is 372 g/mol. The highest BCUT2D eigenvalue weighted by atomic mass is 35.5. The summed E-state index contributed by atoms with van der Waals surface area (Å²) in [6, 6.07) is 7.99. The molecule has 0 spiro atoms. The Hall–Kier alpha value is -1.85. The summed E-state index contributed by atoms with van der Waals surface area (Å²) in [5.74, 6) is 1.71. The van der Waals surface area contributed by atoms with Gasteiger partial charge in [0.25, 0.3) is 0 Å². The quantitative estimate of drug-likeness (QED) is 0.725. The van der Waals surface area contributed by atoms with E-state index in [4.69, 9.17) is 21.3 Å². The molecule has 0 radical (unpaired) electrons. The molecule has 0 unspecified atom stereocenters. The van der Waals surface area contributed by atoms with E-state index in [1.165, 1.54) is 31.5 Å². The lowest BCUT2D eigenvalue weighted by Crippen LogP contribution is -2.31. The van der Waals surface area contributed by atoms with E-state index in [1.54, 1.807) is 6.20 Å². The van der Waals surface area contributed by atoms with Crippen LogP contribution in [0.4, 0.5) is 5.82 Å². The molecule has 0 amide bonds. The Morgan fingerprint density at radius 1 is 1.08 bits per heavy atom. The van der Waals surface area contributed by atoms with Crippen LogP contribution in [0.15, 0.2) is 30.5 Å². The zero-order chi connectivity index (χ0) is 17.8. The third-order valence-corrected chi connectivity index (χ3v) is 5.35. The number of hydrogen-bond donors (Lipinski definition) is 0. The van der Waals surface area contributed by atoms with Crippen LogP contribution in [0.2, 0.25) is 5.02 Å². The first-order valence-corrected chi connectivity index (χ1v) is 9.86. The van der Waals surface area contributed by atoms with Crippen molar-refractivity contribution in [2.24, 2.45) is 0 Å². The second-order valence-corrected chi connectivity index (χ2v) is 7.45. The fourth-order valence-electron chi connectivity index (χ4n) is 3.70. The largest absolute Gasteiger partial charge is 0.478 e. The fraction of sp³-hybridized carbons (Fsp3) is 0.500. The van der Waals surface area contributed by atoms with Crippen LogP contribution in [0.1, 0.15) is 30.5 Å². The highest BCUT2D eigenvalue weighted by molar-refractivity contribution is 6.30. The number of likely N-dealkylation sites (tertiary alicyclic amines) is 1. The average Bonchev–Trinajstić information content (AvgIpc) is 3.19. The van der Waals surface area contributed by atoms with Gasteiger partial charge in [-0.2, -0.15) is 0 Å². The van der Waals surface area contributed by atoms with E-state index in [2.05, 4.69) is 20.9 Å². The van der Waals surface area contributed by atoms with Crippen LogP contribution in [0, 0.1) is 0 Å². The van der Waals surface area contributed by atoms with E-state index in [0.717, 1.165) is 56.5 Å². The number of nitrogens with zero attached hydrogens (tertiary/aromatic N) is 4. The van der Waals surface area contributed by atoms with Crippen LogP contribution in [-0.2, 0) is 13.0 Å². The zero-order valence-corrected chi connectivity index (χ0v) is 15.8. The van der Waals surface area contributed by atoms with Crippen LogP contribution in [0.25, 0.3) is 0 Å². The molecule has 2 aromatic heterocycles. The molecule has 0 aromatic carbocycles. The van der Waals surface area contributed by atoms with Crippen molar-refractivity contribution in [2.75, 3.05) is 37.7 Å². The van der Waals surface area contributed by atoms with E-state index in [-0.39, 0.29) is 0 Å². The van der Waals surface area contributed by atoms with E-state index in [9.17, 15) is 0 Å². The van der Waals surface area contributed by atoms with Gasteiger partial charge in [0.2, 0.25) is 5.88 Å². The molecule has 138 valence electrons. The molecule has 2 aliphatic rings. The highest BCUT2D eigenvalue weighted by Gasteiger charge is 2.19. The molecule has 1 saturated heterocycles. The van der Waals surface area contributed by atoms with E-state index >= 15 is 0 Å². The lowest BCUT2D eigenvalue weighted by atomic mass is 10.1. The summed E-state index contributed by atoms with van der Waals surface area (Å²) in [4.78, 5) is 13.9. The molecular weight excluding hydrogens is 348 g/mol. The van der Waals surface area contributed by atoms with Crippen molar-refractivity contribution in [1.82, 2.24) is 14.9 Å². The second kappa shape index (κ2) is 8.23. The number of ether oxygens (including phenoxy) is 1. The summed E-state index contributed by atoms with van der Waals surface area (Å²) in [7, 11) is 0. The predicted molar refractivity (Wildman–Crippen MR) is 104 cm³/mol. The molecule has 0 bridgehead atoms. The minimum atomic E-state index is 0.666. The van der Waals surface area contributed by atoms with Crippen LogP contribution in [0.5, 0.6) is 5.88 Å². The number of hydrogen-bond acceptors (Lipinski definition) is 5. The molecule has 2 aliphatic heterocycles. The van der Waals surface area contributed by atoms with Crippen molar-refractivity contribution in [3.63, 3.8) is 0 Å². The molecule has 6 heteroatoms. The molecule has 4 rings (SSSR count). The maximum absolute atomic E-state index is 5.93. The maximum Gasteiger partial charge on any atom is 0.213 e. The third-order valence-electron chi connectivity index (χ3n) is 5.13. The van der Waals surface area contributed by atoms with Crippen LogP contribution in [0.3, 0.4) is 0 Å². The predicted octanol–water partition coefficient (Wildman–Crippen LogP) is 3.56.